The highest BCUT2D eigenvalue weighted by atomic mass is 19.1. The van der Waals surface area contributed by atoms with Gasteiger partial charge in [-0.3, -0.25) is 9.59 Å². The molecule has 1 aliphatic carbocycles. The van der Waals surface area contributed by atoms with Crippen LogP contribution in [0.25, 0.3) is 11.0 Å². The minimum Gasteiger partial charge on any atom is -0.449 e. The molecule has 0 bridgehead atoms. The minimum atomic E-state index is -0.757. The summed E-state index contributed by atoms with van der Waals surface area (Å²) >= 11 is 0. The van der Waals surface area contributed by atoms with Crippen LogP contribution in [0.2, 0.25) is 0 Å². The number of furan rings is 1. The number of nitrogens with two attached hydrogens (primary N) is 1. The lowest BCUT2D eigenvalue weighted by molar-refractivity contribution is -0.117. The van der Waals surface area contributed by atoms with Crippen molar-refractivity contribution in [3.8, 4) is 0 Å². The average Bonchev–Trinajstić information content (AvgIpc) is 3.31. The number of carbonyl (C=O) groups is 2. The molecule has 2 atom stereocenters. The van der Waals surface area contributed by atoms with Crippen LogP contribution in [0.3, 0.4) is 0 Å². The molecule has 3 aromatic rings. The molecule has 3 N–H and O–H groups in total. The van der Waals surface area contributed by atoms with E-state index < -0.39 is 5.91 Å². The lowest BCUT2D eigenvalue weighted by atomic mass is 10.1. The van der Waals surface area contributed by atoms with Crippen LogP contribution in [-0.4, -0.2) is 11.8 Å². The van der Waals surface area contributed by atoms with E-state index in [0.717, 1.165) is 0 Å². The van der Waals surface area contributed by atoms with E-state index >= 15 is 0 Å². The molecule has 25 heavy (non-hydrogen) atoms. The number of halogens is 1. The smallest absolute Gasteiger partial charge is 0.286 e. The van der Waals surface area contributed by atoms with Crippen LogP contribution >= 0.6 is 0 Å². The summed E-state index contributed by atoms with van der Waals surface area (Å²) in [4.78, 5) is 24.2. The third-order valence-electron chi connectivity index (χ3n) is 4.50. The third-order valence-corrected chi connectivity index (χ3v) is 4.50. The first-order valence-corrected chi connectivity index (χ1v) is 7.93. The second kappa shape index (κ2) is 5.73. The Kier molecular flexibility index (Phi) is 3.53. The van der Waals surface area contributed by atoms with Crippen LogP contribution in [0.5, 0.6) is 0 Å². The molecule has 1 heterocycles. The molecule has 6 heteroatoms. The van der Waals surface area contributed by atoms with Crippen molar-refractivity contribution in [1.29, 1.82) is 0 Å². The van der Waals surface area contributed by atoms with Gasteiger partial charge in [0.25, 0.3) is 5.91 Å². The molecule has 1 fully saturated rings. The van der Waals surface area contributed by atoms with Crippen molar-refractivity contribution < 1.29 is 18.4 Å². The maximum atomic E-state index is 13.9. The molecule has 4 rings (SSSR count). The van der Waals surface area contributed by atoms with Gasteiger partial charge in [-0.1, -0.05) is 30.3 Å². The number of rotatable bonds is 4. The Morgan fingerprint density at radius 3 is 2.60 bits per heavy atom. The Bertz CT molecular complexity index is 995. The summed E-state index contributed by atoms with van der Waals surface area (Å²) in [6, 6.07) is 13.4. The van der Waals surface area contributed by atoms with E-state index in [1.807, 2.05) is 0 Å². The normalized spacial score (nSPS) is 18.9. The molecule has 2 amide bonds. The topological polar surface area (TPSA) is 85.3 Å². The number of fused-ring (bicyclic) bond motifs is 1. The van der Waals surface area contributed by atoms with Gasteiger partial charge in [0.1, 0.15) is 17.1 Å². The van der Waals surface area contributed by atoms with Crippen LogP contribution in [0, 0.1) is 11.7 Å². The van der Waals surface area contributed by atoms with E-state index in [0.29, 0.717) is 23.0 Å². The van der Waals surface area contributed by atoms with Gasteiger partial charge in [0.2, 0.25) is 11.7 Å². The number of anilines is 1. The van der Waals surface area contributed by atoms with Crippen molar-refractivity contribution in [1.82, 2.24) is 0 Å². The van der Waals surface area contributed by atoms with E-state index in [9.17, 15) is 14.0 Å². The largest absolute Gasteiger partial charge is 0.449 e. The number of carbonyl (C=O) groups excluding carboxylic acids is 2. The number of hydrogen-bond acceptors (Lipinski definition) is 3. The number of primary amides is 1. The lowest BCUT2D eigenvalue weighted by Crippen LogP contribution is -2.18. The van der Waals surface area contributed by atoms with Crippen LogP contribution in [0.1, 0.15) is 28.5 Å². The Morgan fingerprint density at radius 2 is 1.84 bits per heavy atom. The van der Waals surface area contributed by atoms with Crippen molar-refractivity contribution in [2.24, 2.45) is 11.7 Å². The highest BCUT2D eigenvalue weighted by Crippen LogP contribution is 2.49. The Balaban J connectivity index is 1.60. The van der Waals surface area contributed by atoms with Gasteiger partial charge in [0.15, 0.2) is 0 Å². The zero-order chi connectivity index (χ0) is 17.6. The first kappa shape index (κ1) is 15.4. The van der Waals surface area contributed by atoms with Gasteiger partial charge in [-0.2, -0.15) is 0 Å². The van der Waals surface area contributed by atoms with Gasteiger partial charge in [-0.25, -0.2) is 4.39 Å². The van der Waals surface area contributed by atoms with Gasteiger partial charge in [0, 0.05) is 11.3 Å². The molecular weight excluding hydrogens is 323 g/mol. The zero-order valence-corrected chi connectivity index (χ0v) is 13.2. The van der Waals surface area contributed by atoms with Crippen molar-refractivity contribution >= 4 is 28.5 Å². The average molecular weight is 338 g/mol. The number of hydrogen-bond donors (Lipinski definition) is 2. The molecule has 0 saturated heterocycles. The van der Waals surface area contributed by atoms with Crippen molar-refractivity contribution in [3.63, 3.8) is 0 Å². The molecule has 2 aromatic carbocycles. The second-order valence-corrected chi connectivity index (χ2v) is 6.13. The summed E-state index contributed by atoms with van der Waals surface area (Å²) < 4.78 is 19.3. The summed E-state index contributed by atoms with van der Waals surface area (Å²) in [6.07, 6.45) is 0.564. The van der Waals surface area contributed by atoms with E-state index in [-0.39, 0.29) is 35.0 Å². The summed E-state index contributed by atoms with van der Waals surface area (Å²) in [7, 11) is 0. The Hall–Kier alpha value is -3.15. The third kappa shape index (κ3) is 2.65. The van der Waals surface area contributed by atoms with E-state index in [1.54, 1.807) is 42.5 Å². The molecular formula is C19H15FN2O3. The number of nitrogens with one attached hydrogen (secondary N) is 1. The van der Waals surface area contributed by atoms with E-state index in [2.05, 4.69) is 5.32 Å². The number of amides is 2. The van der Waals surface area contributed by atoms with Gasteiger partial charge in [0.05, 0.1) is 0 Å². The predicted octanol–water partition coefficient (Wildman–Crippen LogP) is 3.41. The summed E-state index contributed by atoms with van der Waals surface area (Å²) in [5.41, 5.74) is 6.62. The van der Waals surface area contributed by atoms with Crippen LogP contribution < -0.4 is 11.1 Å². The highest BCUT2D eigenvalue weighted by Gasteiger charge is 2.45. The molecule has 1 saturated carbocycles. The van der Waals surface area contributed by atoms with Crippen LogP contribution in [0.15, 0.2) is 52.9 Å². The molecule has 1 aliphatic rings. The molecule has 0 aliphatic heterocycles. The zero-order valence-electron chi connectivity index (χ0n) is 13.2. The summed E-state index contributed by atoms with van der Waals surface area (Å²) in [5, 5.41) is 3.34. The minimum absolute atomic E-state index is 0.0855. The van der Waals surface area contributed by atoms with Crippen molar-refractivity contribution in [3.05, 3.63) is 65.7 Å². The maximum Gasteiger partial charge on any atom is 0.286 e. The molecule has 126 valence electrons. The predicted molar refractivity (Wildman–Crippen MR) is 90.6 cm³/mol. The van der Waals surface area contributed by atoms with E-state index in [4.69, 9.17) is 10.2 Å². The molecule has 1 aromatic heterocycles. The Labute approximate surface area is 142 Å². The fraction of sp³-hybridized carbons (Fsp3) is 0.158. The summed E-state index contributed by atoms with van der Waals surface area (Å²) in [6.45, 7) is 0. The fourth-order valence-electron chi connectivity index (χ4n) is 3.16. The standard InChI is InChI=1S/C19H15FN2O3/c20-14-7-3-1-5-10(14)12-9-13(12)19(24)22-16-11-6-2-4-8-15(11)25-17(16)18(21)23/h1-8,12-13H,9H2,(H2,21,23)(H,22,24)/t12-,13+/m1/s1. The first-order chi connectivity index (χ1) is 12.1. The number of para-hydroxylation sites is 1. The molecule has 5 nitrogen and oxygen atoms in total. The molecule has 0 spiro atoms. The van der Waals surface area contributed by atoms with Crippen LogP contribution in [0.4, 0.5) is 10.1 Å². The summed E-state index contributed by atoms with van der Waals surface area (Å²) in [5.74, 6) is -1.93. The fourth-order valence-corrected chi connectivity index (χ4v) is 3.16. The van der Waals surface area contributed by atoms with Crippen LogP contribution in [-0.2, 0) is 4.79 Å². The SMILES string of the molecule is NC(=O)c1oc2ccccc2c1NC(=O)[C@H]1C[C@@H]1c1ccccc1F. The lowest BCUT2D eigenvalue weighted by Gasteiger charge is -2.05. The monoisotopic (exact) mass is 338 g/mol. The van der Waals surface area contributed by atoms with Gasteiger partial charge >= 0.3 is 0 Å². The van der Waals surface area contributed by atoms with Crippen molar-refractivity contribution in [2.75, 3.05) is 5.32 Å². The second-order valence-electron chi connectivity index (χ2n) is 6.13. The maximum absolute atomic E-state index is 13.9. The highest BCUT2D eigenvalue weighted by molar-refractivity contribution is 6.11. The quantitative estimate of drug-likeness (QED) is 0.764. The number of benzene rings is 2. The Morgan fingerprint density at radius 1 is 1.12 bits per heavy atom. The van der Waals surface area contributed by atoms with Gasteiger partial charge in [-0.05, 0) is 36.1 Å². The van der Waals surface area contributed by atoms with Crippen molar-refractivity contribution in [2.45, 2.75) is 12.3 Å². The van der Waals surface area contributed by atoms with Gasteiger partial charge in [-0.15, -0.1) is 0 Å². The van der Waals surface area contributed by atoms with E-state index in [1.165, 1.54) is 6.07 Å². The molecule has 0 unspecified atom stereocenters. The molecule has 0 radical (unpaired) electrons. The first-order valence-electron chi connectivity index (χ1n) is 7.93. The van der Waals surface area contributed by atoms with Gasteiger partial charge < -0.3 is 15.5 Å².